The van der Waals surface area contributed by atoms with Gasteiger partial charge in [0, 0.05) is 82.7 Å². The standard InChI is InChI=1S/2C11H10N2O.C10H11F3N2O.C9H12N2O.C8H7F3N2O.4CH4/c1-12-11(14)9-6-7-13-10-5-3-2-4-8(9)10;1-12-11(14)10-9-5-3-2-4-8(9)6-7-13-10;1-5-4-7(10(11,12)13)8(6(2)15-5)9(16)14-3;1-6-4-5-11-7(2)8(6)9(12)10-3;1-12-7(14)5-4-13-3-2-6(5)8(9,10)11;;;;/h2*2-7H,1H3,(H,12,14);4H,1-3H3,(H,14,16);4-5H,1-3H3,(H,10,12);2-4H,1H3,(H,12,14);4*1H4. The van der Waals surface area contributed by atoms with Crippen molar-refractivity contribution in [3.63, 3.8) is 0 Å². The summed E-state index contributed by atoms with van der Waals surface area (Å²) in [6, 6.07) is 22.4. The minimum Gasteiger partial charge on any atom is -0.355 e. The second-order valence-corrected chi connectivity index (χ2v) is 14.4. The Kier molecular flexibility index (Phi) is 28.5. The van der Waals surface area contributed by atoms with E-state index in [9.17, 15) is 50.3 Å². The zero-order valence-corrected chi connectivity index (χ0v) is 39.4. The van der Waals surface area contributed by atoms with Gasteiger partial charge in [-0.1, -0.05) is 72.2 Å². The largest absolute Gasteiger partial charge is 0.417 e. The summed E-state index contributed by atoms with van der Waals surface area (Å²) in [6.07, 6.45) is -2.21. The highest BCUT2D eigenvalue weighted by molar-refractivity contribution is 6.06. The molecular weight excluding hydrogens is 971 g/mol. The van der Waals surface area contributed by atoms with Gasteiger partial charge in [-0.2, -0.15) is 26.3 Å². The van der Waals surface area contributed by atoms with E-state index in [-0.39, 0.29) is 58.8 Å². The molecule has 0 spiro atoms. The van der Waals surface area contributed by atoms with Gasteiger partial charge in [-0.05, 0) is 75.0 Å². The molecule has 0 saturated heterocycles. The van der Waals surface area contributed by atoms with Crippen LogP contribution in [0.3, 0.4) is 0 Å². The molecule has 0 aliphatic carbocycles. The van der Waals surface area contributed by atoms with Gasteiger partial charge in [0.1, 0.15) is 5.69 Å². The molecule has 74 heavy (non-hydrogen) atoms. The van der Waals surface area contributed by atoms with E-state index in [0.29, 0.717) is 16.8 Å². The van der Waals surface area contributed by atoms with Crippen LogP contribution in [0.2, 0.25) is 0 Å². The van der Waals surface area contributed by atoms with Crippen molar-refractivity contribution in [2.24, 2.45) is 0 Å². The third-order valence-corrected chi connectivity index (χ3v) is 9.73. The number of hydrogen-bond donors (Lipinski definition) is 5. The Morgan fingerprint density at radius 3 is 1.53 bits per heavy atom. The summed E-state index contributed by atoms with van der Waals surface area (Å²) in [5, 5.41) is 14.8. The smallest absolute Gasteiger partial charge is 0.355 e. The van der Waals surface area contributed by atoms with Gasteiger partial charge >= 0.3 is 12.4 Å². The maximum atomic E-state index is 12.7. The number of nitrogens with zero attached hydrogens (tertiary/aromatic N) is 5. The topological polar surface area (TPSA) is 210 Å². The third-order valence-electron chi connectivity index (χ3n) is 9.73. The molecule has 2 aromatic carbocycles. The first-order valence-electron chi connectivity index (χ1n) is 20.8. The van der Waals surface area contributed by atoms with Gasteiger partial charge in [0.05, 0.1) is 50.3 Å². The van der Waals surface area contributed by atoms with Crippen molar-refractivity contribution in [2.75, 3.05) is 35.2 Å². The molecule has 0 bridgehead atoms. The minimum atomic E-state index is -4.56. The molecule has 15 nitrogen and oxygen atoms in total. The van der Waals surface area contributed by atoms with Gasteiger partial charge in [-0.15, -0.1) is 0 Å². The summed E-state index contributed by atoms with van der Waals surface area (Å²) in [7, 11) is 7.38. The molecule has 0 radical (unpaired) electrons. The minimum absolute atomic E-state index is 0. The number of alkyl halides is 6. The number of rotatable bonds is 5. The van der Waals surface area contributed by atoms with Crippen LogP contribution in [0.15, 0.2) is 110 Å². The van der Waals surface area contributed by atoms with Crippen molar-refractivity contribution in [3.05, 3.63) is 172 Å². The fraction of sp³-hybridized carbons (Fsp3) is 0.283. The lowest BCUT2D eigenvalue weighted by molar-refractivity contribution is -0.138. The highest BCUT2D eigenvalue weighted by Crippen LogP contribution is 2.34. The van der Waals surface area contributed by atoms with E-state index in [4.69, 9.17) is 0 Å². The number of aryl methyl sites for hydroxylation is 4. The fourth-order valence-electron chi connectivity index (χ4n) is 6.43. The summed E-state index contributed by atoms with van der Waals surface area (Å²) in [4.78, 5) is 76.3. The third kappa shape index (κ3) is 18.4. The fourth-order valence-corrected chi connectivity index (χ4v) is 6.43. The lowest BCUT2D eigenvalue weighted by atomic mass is 10.0. The van der Waals surface area contributed by atoms with Crippen LogP contribution in [-0.4, -0.2) is 89.7 Å². The molecule has 0 aliphatic heterocycles. The van der Waals surface area contributed by atoms with Crippen LogP contribution in [0.5, 0.6) is 0 Å². The normalized spacial score (nSPS) is 9.93. The Morgan fingerprint density at radius 1 is 0.473 bits per heavy atom. The van der Waals surface area contributed by atoms with Gasteiger partial charge < -0.3 is 26.6 Å². The molecule has 21 heteroatoms. The molecule has 5 N–H and O–H groups in total. The summed E-state index contributed by atoms with van der Waals surface area (Å²) >= 11 is 0. The van der Waals surface area contributed by atoms with Crippen LogP contribution < -0.4 is 26.6 Å². The molecule has 0 atom stereocenters. The van der Waals surface area contributed by atoms with Gasteiger partial charge in [0.25, 0.3) is 29.5 Å². The molecule has 0 unspecified atom stereocenters. The Morgan fingerprint density at radius 2 is 0.973 bits per heavy atom. The zero-order valence-electron chi connectivity index (χ0n) is 39.4. The zero-order chi connectivity index (χ0) is 52.3. The number of aromatic nitrogens is 5. The molecule has 400 valence electrons. The summed E-state index contributed by atoms with van der Waals surface area (Å²) in [5.41, 5.74) is 1.89. The average molecular weight is 1040 g/mol. The van der Waals surface area contributed by atoms with E-state index < -0.39 is 46.4 Å². The summed E-state index contributed by atoms with van der Waals surface area (Å²) in [5.74, 6) is -1.88. The number of carbonyl (C=O) groups excluding carboxylic acids is 5. The van der Waals surface area contributed by atoms with E-state index in [1.165, 1.54) is 27.9 Å². The van der Waals surface area contributed by atoms with Crippen LogP contribution in [-0.2, 0) is 12.4 Å². The van der Waals surface area contributed by atoms with Gasteiger partial charge in [-0.3, -0.25) is 48.9 Å². The van der Waals surface area contributed by atoms with Gasteiger partial charge in [0.2, 0.25) is 0 Å². The Bertz CT molecular complexity index is 2850. The second-order valence-electron chi connectivity index (χ2n) is 14.4. The molecule has 0 saturated carbocycles. The van der Waals surface area contributed by atoms with Crippen molar-refractivity contribution in [1.29, 1.82) is 0 Å². The number of para-hydroxylation sites is 1. The van der Waals surface area contributed by atoms with Gasteiger partial charge in [0.15, 0.2) is 0 Å². The second kappa shape index (κ2) is 31.2. The van der Waals surface area contributed by atoms with E-state index >= 15 is 0 Å². The first-order chi connectivity index (χ1) is 33.0. The first-order valence-corrected chi connectivity index (χ1v) is 20.8. The number of fused-ring (bicyclic) bond motifs is 2. The SMILES string of the molecule is C.C.C.C.CNC(=O)c1c(C(F)(F)F)cc(C)nc1C.CNC(=O)c1c(C)ccnc1C.CNC(=O)c1ccnc2ccccc12.CNC(=O)c1cnccc1C(F)(F)F.CNC(=O)c1nccc2ccccc12. The number of benzene rings is 2. The molecule has 5 aromatic heterocycles. The van der Waals surface area contributed by atoms with E-state index in [1.54, 1.807) is 45.8 Å². The maximum Gasteiger partial charge on any atom is 0.417 e. The van der Waals surface area contributed by atoms with Crippen molar-refractivity contribution in [2.45, 2.75) is 69.8 Å². The Balaban J connectivity index is 0. The number of nitrogens with one attached hydrogen (secondary N) is 5. The number of carbonyl (C=O) groups is 5. The number of pyridine rings is 5. The molecule has 7 aromatic rings. The molecule has 7 rings (SSSR count). The highest BCUT2D eigenvalue weighted by Gasteiger charge is 2.37. The molecule has 5 amide bonds. The lowest BCUT2D eigenvalue weighted by Crippen LogP contribution is -2.24. The summed E-state index contributed by atoms with van der Waals surface area (Å²) < 4.78 is 75.1. The van der Waals surface area contributed by atoms with E-state index in [0.717, 1.165) is 57.5 Å². The van der Waals surface area contributed by atoms with Crippen molar-refractivity contribution in [1.82, 2.24) is 51.5 Å². The van der Waals surface area contributed by atoms with Crippen molar-refractivity contribution in [3.8, 4) is 0 Å². The first kappa shape index (κ1) is 67.7. The van der Waals surface area contributed by atoms with Crippen LogP contribution in [0.1, 0.15) is 115 Å². The van der Waals surface area contributed by atoms with Crippen LogP contribution >= 0.6 is 0 Å². The molecule has 5 heterocycles. The van der Waals surface area contributed by atoms with E-state index in [1.807, 2.05) is 74.5 Å². The monoisotopic (exact) mass is 1040 g/mol. The summed E-state index contributed by atoms with van der Waals surface area (Å²) in [6.45, 7) is 6.57. The Labute approximate surface area is 428 Å². The van der Waals surface area contributed by atoms with Crippen LogP contribution in [0.4, 0.5) is 26.3 Å². The van der Waals surface area contributed by atoms with E-state index in [2.05, 4.69) is 51.5 Å². The molecule has 0 aliphatic rings. The molecule has 0 fully saturated rings. The molecular formula is C53H66F6N10O5. The van der Waals surface area contributed by atoms with Gasteiger partial charge in [-0.25, -0.2) is 0 Å². The van der Waals surface area contributed by atoms with Crippen molar-refractivity contribution < 1.29 is 50.3 Å². The maximum absolute atomic E-state index is 12.7. The lowest BCUT2D eigenvalue weighted by Gasteiger charge is -2.14. The predicted molar refractivity (Wildman–Crippen MR) is 279 cm³/mol. The van der Waals surface area contributed by atoms with Crippen LogP contribution in [0.25, 0.3) is 21.7 Å². The quantitative estimate of drug-likeness (QED) is 0.103. The van der Waals surface area contributed by atoms with Crippen LogP contribution in [0, 0.1) is 27.7 Å². The highest BCUT2D eigenvalue weighted by atomic mass is 19.4. The number of hydrogen-bond acceptors (Lipinski definition) is 10. The Hall–Kier alpha value is -8.36. The average Bonchev–Trinajstić information content (AvgIpc) is 3.35. The number of halogens is 6. The number of amides is 5. The predicted octanol–water partition coefficient (Wildman–Crippen LogP) is 10.3. The van der Waals surface area contributed by atoms with Crippen molar-refractivity contribution >= 4 is 51.2 Å².